The molecule has 0 spiro atoms. The van der Waals surface area contributed by atoms with Gasteiger partial charge in [-0.2, -0.15) is 0 Å². The molecule has 1 aliphatic heterocycles. The molecule has 2 aromatic heterocycles. The van der Waals surface area contributed by atoms with Crippen molar-refractivity contribution in [2.24, 2.45) is 17.4 Å². The predicted octanol–water partition coefficient (Wildman–Crippen LogP) is 3.65. The largest absolute Gasteiger partial charge is 0.368 e. The van der Waals surface area contributed by atoms with E-state index in [0.717, 1.165) is 56.5 Å². The first-order valence-corrected chi connectivity index (χ1v) is 24.4. The van der Waals surface area contributed by atoms with Crippen LogP contribution in [0.15, 0.2) is 91.3 Å². The third kappa shape index (κ3) is 14.7. The van der Waals surface area contributed by atoms with E-state index in [-0.39, 0.29) is 32.2 Å². The summed E-state index contributed by atoms with van der Waals surface area (Å²) < 4.78 is 0. The molecule has 3 heterocycles. The first-order valence-electron chi connectivity index (χ1n) is 24.4. The Morgan fingerprint density at radius 2 is 1.29 bits per heavy atom. The molecule has 0 bridgehead atoms. The average molecular weight is 960 g/mol. The smallest absolute Gasteiger partial charge is 0.336 e. The highest BCUT2D eigenvalue weighted by atomic mass is 16.2. The molecule has 1 fully saturated rings. The van der Waals surface area contributed by atoms with E-state index in [1.54, 1.807) is 12.4 Å². The van der Waals surface area contributed by atoms with Crippen LogP contribution in [0.3, 0.4) is 0 Å². The maximum atomic E-state index is 14.7. The van der Waals surface area contributed by atoms with E-state index in [2.05, 4.69) is 48.5 Å². The number of carbonyl (C=O) groups is 7. The summed E-state index contributed by atoms with van der Waals surface area (Å²) >= 11 is 0. The fraction of sp³-hybridized carbons (Fsp3) is 0.442. The number of aromatic nitrogens is 2. The Morgan fingerprint density at radius 3 is 1.90 bits per heavy atom. The zero-order chi connectivity index (χ0) is 50.2. The Morgan fingerprint density at radius 1 is 0.700 bits per heavy atom. The first-order chi connectivity index (χ1) is 33.7. The van der Waals surface area contributed by atoms with Crippen LogP contribution in [0.5, 0.6) is 0 Å². The van der Waals surface area contributed by atoms with Gasteiger partial charge in [0, 0.05) is 65.9 Å². The molecular formula is C52H69N11O7. The Bertz CT molecular complexity index is 2580. The molecule has 6 atom stereocenters. The number of hydrogen-bond acceptors (Lipinski definition) is 9. The van der Waals surface area contributed by atoms with Crippen molar-refractivity contribution in [1.29, 1.82) is 0 Å². The van der Waals surface area contributed by atoms with Crippen LogP contribution in [-0.4, -0.2) is 118 Å². The number of nitrogens with zero attached hydrogens (tertiary/aromatic N) is 2. The van der Waals surface area contributed by atoms with E-state index in [0.29, 0.717) is 45.2 Å². The lowest BCUT2D eigenvalue weighted by Gasteiger charge is -2.28. The van der Waals surface area contributed by atoms with Gasteiger partial charge in [-0.3, -0.25) is 34.2 Å². The third-order valence-corrected chi connectivity index (χ3v) is 12.8. The molecule has 18 heteroatoms. The second-order valence-corrected chi connectivity index (χ2v) is 18.4. The second-order valence-electron chi connectivity index (χ2n) is 18.4. The van der Waals surface area contributed by atoms with Gasteiger partial charge in [0.1, 0.15) is 18.1 Å². The number of H-pyrrole nitrogens is 2. The molecule has 0 radical (unpaired) electrons. The summed E-state index contributed by atoms with van der Waals surface area (Å²) in [5.41, 5.74) is 18.3. The highest BCUT2D eigenvalue weighted by Crippen LogP contribution is 2.23. The van der Waals surface area contributed by atoms with Crippen LogP contribution in [0.1, 0.15) is 82.4 Å². The number of Topliss-reactive ketones (excluding diaryl/α,β-unsaturated/α-hetero) is 1. The highest BCUT2D eigenvalue weighted by Gasteiger charge is 2.33. The normalized spacial score (nSPS) is 22.0. The molecule has 1 saturated heterocycles. The molecule has 70 heavy (non-hydrogen) atoms. The zero-order valence-electron chi connectivity index (χ0n) is 40.4. The van der Waals surface area contributed by atoms with Gasteiger partial charge in [-0.05, 0) is 107 Å². The Balaban J connectivity index is 1.33. The number of hydrogen-bond donors (Lipinski definition) is 9. The number of benzene rings is 3. The molecule has 0 saturated carbocycles. The monoisotopic (exact) mass is 960 g/mol. The van der Waals surface area contributed by atoms with Gasteiger partial charge in [-0.15, -0.1) is 0 Å². The molecular weight excluding hydrogens is 891 g/mol. The fourth-order valence-electron chi connectivity index (χ4n) is 8.90. The van der Waals surface area contributed by atoms with Crippen molar-refractivity contribution in [2.75, 3.05) is 26.2 Å². The van der Waals surface area contributed by atoms with E-state index in [4.69, 9.17) is 11.5 Å². The number of nitrogens with two attached hydrogens (primary N) is 2. The number of nitrogens with one attached hydrogen (secondary N) is 7. The van der Waals surface area contributed by atoms with Gasteiger partial charge in [0.15, 0.2) is 5.78 Å². The van der Waals surface area contributed by atoms with Gasteiger partial charge in [0.2, 0.25) is 23.6 Å². The summed E-state index contributed by atoms with van der Waals surface area (Å²) in [6.45, 7) is 7.35. The van der Waals surface area contributed by atoms with Crippen LogP contribution < -0.4 is 38.2 Å². The minimum absolute atomic E-state index is 0.0140. The number of carbonyl (C=O) groups excluding carboxylic acids is 7. The summed E-state index contributed by atoms with van der Waals surface area (Å²) in [4.78, 5) is 106. The molecule has 11 N–H and O–H groups in total. The number of rotatable bonds is 11. The number of aromatic amines is 2. The van der Waals surface area contributed by atoms with Gasteiger partial charge in [0.05, 0.1) is 12.1 Å². The number of fused-ring (bicyclic) bond motifs is 2. The maximum absolute atomic E-state index is 14.7. The van der Waals surface area contributed by atoms with E-state index in [9.17, 15) is 33.6 Å². The van der Waals surface area contributed by atoms with Gasteiger partial charge in [0.25, 0.3) is 5.91 Å². The zero-order valence-corrected chi connectivity index (χ0v) is 40.4. The highest BCUT2D eigenvalue weighted by molar-refractivity contribution is 5.97. The van der Waals surface area contributed by atoms with Gasteiger partial charge < -0.3 is 47.6 Å². The van der Waals surface area contributed by atoms with Crippen molar-refractivity contribution in [1.82, 2.24) is 46.6 Å². The Hall–Kier alpha value is -7.05. The average Bonchev–Trinajstić information content (AvgIpc) is 3.95. The third-order valence-electron chi connectivity index (χ3n) is 12.8. The molecule has 5 aromatic rings. The van der Waals surface area contributed by atoms with Crippen LogP contribution in [0, 0.1) is 5.92 Å². The van der Waals surface area contributed by atoms with Crippen LogP contribution in [-0.2, 0) is 48.0 Å². The van der Waals surface area contributed by atoms with Crippen LogP contribution in [0.4, 0.5) is 4.79 Å². The van der Waals surface area contributed by atoms with Crippen molar-refractivity contribution < 1.29 is 33.6 Å². The van der Waals surface area contributed by atoms with Gasteiger partial charge in [-0.25, -0.2) is 9.80 Å². The lowest BCUT2D eigenvalue weighted by Crippen LogP contribution is -2.60. The topological polar surface area (TPSA) is 270 Å². The van der Waals surface area contributed by atoms with Crippen molar-refractivity contribution >= 4 is 63.2 Å². The molecule has 7 amide bonds. The van der Waals surface area contributed by atoms with E-state index in [1.807, 2.05) is 78.9 Å². The SMILES string of the molecule is CCCN1CCCC[C@@H](C(N)=O)NC(=O)[C@@H](Cc2ccccc2)CC(=O)[C@H](Cc2c[nH]c3ccccc23)NC(=O)[C@H](C)NC(=O)[C@@H](Cc2c[nH]c3ccccc23)NC(=O)N(NC(=O)[C@@H](C)N)CCCC1. The van der Waals surface area contributed by atoms with Crippen molar-refractivity contribution in [3.05, 3.63) is 108 Å². The summed E-state index contributed by atoms with van der Waals surface area (Å²) in [5.74, 6) is -4.54. The summed E-state index contributed by atoms with van der Waals surface area (Å²) in [5, 5.41) is 14.1. The Kier molecular flexibility index (Phi) is 19.1. The molecule has 0 unspecified atom stereocenters. The van der Waals surface area contributed by atoms with E-state index >= 15 is 0 Å². The van der Waals surface area contributed by atoms with Crippen molar-refractivity contribution in [3.63, 3.8) is 0 Å². The van der Waals surface area contributed by atoms with Gasteiger partial charge in [-0.1, -0.05) is 73.7 Å². The number of ketones is 1. The minimum atomic E-state index is -1.24. The quantitative estimate of drug-likeness (QED) is 0.0934. The number of urea groups is 1. The Labute approximate surface area is 408 Å². The van der Waals surface area contributed by atoms with Gasteiger partial charge >= 0.3 is 6.03 Å². The number of hydrazine groups is 1. The molecule has 6 rings (SSSR count). The number of para-hydroxylation sites is 2. The molecule has 0 aliphatic carbocycles. The van der Waals surface area contributed by atoms with Crippen molar-refractivity contribution in [3.8, 4) is 0 Å². The summed E-state index contributed by atoms with van der Waals surface area (Å²) in [6.07, 6.45) is 7.09. The molecule has 1 aliphatic rings. The second kappa shape index (κ2) is 25.5. The van der Waals surface area contributed by atoms with E-state index in [1.165, 1.54) is 13.8 Å². The minimum Gasteiger partial charge on any atom is -0.368 e. The predicted molar refractivity (Wildman–Crippen MR) is 269 cm³/mol. The molecule has 374 valence electrons. The molecule has 3 aromatic carbocycles. The lowest BCUT2D eigenvalue weighted by atomic mass is 9.89. The van der Waals surface area contributed by atoms with Crippen LogP contribution >= 0.6 is 0 Å². The lowest BCUT2D eigenvalue weighted by molar-refractivity contribution is -0.134. The van der Waals surface area contributed by atoms with Crippen LogP contribution in [0.25, 0.3) is 21.8 Å². The summed E-state index contributed by atoms with van der Waals surface area (Å²) in [7, 11) is 0. The molecule has 18 nitrogen and oxygen atoms in total. The summed E-state index contributed by atoms with van der Waals surface area (Å²) in [6, 6.07) is 18.0. The van der Waals surface area contributed by atoms with Crippen LogP contribution in [0.2, 0.25) is 0 Å². The first kappa shape index (κ1) is 52.3. The number of amides is 7. The van der Waals surface area contributed by atoms with E-state index < -0.39 is 77.5 Å². The number of primary amides is 1. The fourth-order valence-corrected chi connectivity index (χ4v) is 8.90. The standard InChI is InChI=1S/C52H69N11O7/c1-4-23-62-24-13-12-22-43(47(54)65)58-50(68)36(27-35-16-6-5-7-17-35)30-46(64)44(28-37-31-55-41-20-10-8-18-39(37)41)59-49(67)34(3)57-51(69)45(29-38-32-56-42-21-11-9-19-40(38)42)60-52(70)63(26-15-14-25-62)61-48(66)33(2)53/h5-11,16-21,31-34,36,43-45,55-56H,4,12-15,22-30,53H2,1-3H3,(H2,54,65)(H,57,69)(H,58,68)(H,59,67)(H,60,70)(H,61,66)/t33-,34+,36+,43+,44+,45-/m1/s1. The maximum Gasteiger partial charge on any atom is 0.336 e. The van der Waals surface area contributed by atoms with Crippen molar-refractivity contribution in [2.45, 2.75) is 115 Å².